The summed E-state index contributed by atoms with van der Waals surface area (Å²) in [7, 11) is 4.63. The van der Waals surface area contributed by atoms with Crippen molar-refractivity contribution < 1.29 is 19.0 Å². The summed E-state index contributed by atoms with van der Waals surface area (Å²) < 4.78 is 15.8. The number of nitrogens with one attached hydrogen (secondary N) is 1. The zero-order valence-corrected chi connectivity index (χ0v) is 14.9. The van der Waals surface area contributed by atoms with E-state index < -0.39 is 0 Å². The second-order valence-electron chi connectivity index (χ2n) is 5.63. The second-order valence-corrected chi connectivity index (χ2v) is 5.63. The first-order chi connectivity index (χ1) is 11.1. The molecule has 23 heavy (non-hydrogen) atoms. The molecule has 130 valence electrons. The highest BCUT2D eigenvalue weighted by Gasteiger charge is 2.18. The molecule has 1 rings (SSSR count). The third kappa shape index (κ3) is 5.66. The minimum absolute atomic E-state index is 0.122. The van der Waals surface area contributed by atoms with E-state index in [2.05, 4.69) is 12.2 Å². The molecule has 0 aliphatic rings. The molecular weight excluding hydrogens is 294 g/mol. The summed E-state index contributed by atoms with van der Waals surface area (Å²) in [5.41, 5.74) is 0.450. The van der Waals surface area contributed by atoms with Gasteiger partial charge in [0.15, 0.2) is 11.5 Å². The molecule has 0 aromatic heterocycles. The van der Waals surface area contributed by atoms with E-state index in [4.69, 9.17) is 14.2 Å². The molecule has 0 fully saturated rings. The summed E-state index contributed by atoms with van der Waals surface area (Å²) in [6, 6.07) is 3.44. The van der Waals surface area contributed by atoms with Gasteiger partial charge in [0, 0.05) is 18.2 Å². The van der Waals surface area contributed by atoms with Crippen molar-refractivity contribution in [3.8, 4) is 17.2 Å². The molecule has 0 aliphatic carbocycles. The van der Waals surface area contributed by atoms with Crippen molar-refractivity contribution in [1.29, 1.82) is 0 Å². The summed E-state index contributed by atoms with van der Waals surface area (Å²) in [5.74, 6) is 1.35. The van der Waals surface area contributed by atoms with Crippen molar-refractivity contribution >= 4 is 5.91 Å². The molecule has 1 N–H and O–H groups in total. The monoisotopic (exact) mass is 323 g/mol. The Morgan fingerprint density at radius 3 is 2.17 bits per heavy atom. The molecular formula is C18H29NO4. The van der Waals surface area contributed by atoms with Crippen LogP contribution in [0.3, 0.4) is 0 Å². The van der Waals surface area contributed by atoms with E-state index in [1.165, 1.54) is 26.4 Å². The maximum absolute atomic E-state index is 12.5. The zero-order valence-electron chi connectivity index (χ0n) is 14.9. The number of unbranched alkanes of at least 4 members (excludes halogenated alkanes) is 3. The number of hydrogen-bond acceptors (Lipinski definition) is 4. The van der Waals surface area contributed by atoms with Gasteiger partial charge in [-0.25, -0.2) is 0 Å². The van der Waals surface area contributed by atoms with Crippen molar-refractivity contribution in [3.05, 3.63) is 17.7 Å². The molecule has 0 spiro atoms. The molecule has 0 heterocycles. The molecule has 0 saturated heterocycles. The van der Waals surface area contributed by atoms with Gasteiger partial charge >= 0.3 is 0 Å². The van der Waals surface area contributed by atoms with Crippen LogP contribution in [-0.4, -0.2) is 33.3 Å². The van der Waals surface area contributed by atoms with E-state index in [9.17, 15) is 4.79 Å². The Bertz CT molecular complexity index is 502. The van der Waals surface area contributed by atoms with Crippen molar-refractivity contribution in [1.82, 2.24) is 5.32 Å². The highest BCUT2D eigenvalue weighted by Crippen LogP contribution is 2.34. The van der Waals surface area contributed by atoms with Gasteiger partial charge in [0.2, 0.25) is 0 Å². The molecule has 0 aliphatic heterocycles. The third-order valence-electron chi connectivity index (χ3n) is 3.82. The minimum atomic E-state index is -0.161. The van der Waals surface area contributed by atoms with Crippen LogP contribution in [0.25, 0.3) is 0 Å². The number of benzene rings is 1. The fourth-order valence-corrected chi connectivity index (χ4v) is 2.46. The van der Waals surface area contributed by atoms with E-state index in [-0.39, 0.29) is 11.9 Å². The van der Waals surface area contributed by atoms with Gasteiger partial charge < -0.3 is 19.5 Å². The van der Waals surface area contributed by atoms with Crippen LogP contribution in [-0.2, 0) is 0 Å². The first-order valence-corrected chi connectivity index (χ1v) is 8.18. The molecule has 5 heteroatoms. The molecule has 5 nitrogen and oxygen atoms in total. The summed E-state index contributed by atoms with van der Waals surface area (Å²) in [6.45, 7) is 4.21. The van der Waals surface area contributed by atoms with Crippen LogP contribution in [0.2, 0.25) is 0 Å². The van der Waals surface area contributed by atoms with E-state index in [0.29, 0.717) is 22.8 Å². The lowest BCUT2D eigenvalue weighted by Gasteiger charge is -2.17. The fourth-order valence-electron chi connectivity index (χ4n) is 2.46. The number of ether oxygens (including phenoxy) is 3. The quantitative estimate of drug-likeness (QED) is 0.665. The Labute approximate surface area is 139 Å². The normalized spacial score (nSPS) is 11.7. The fraction of sp³-hybridized carbons (Fsp3) is 0.611. The summed E-state index contributed by atoms with van der Waals surface area (Å²) in [6.07, 6.45) is 5.75. The lowest BCUT2D eigenvalue weighted by Crippen LogP contribution is -2.32. The van der Waals surface area contributed by atoms with Crippen molar-refractivity contribution in [2.24, 2.45) is 0 Å². The Kier molecular flexibility index (Phi) is 8.30. The highest BCUT2D eigenvalue weighted by atomic mass is 16.5. The number of carbonyl (C=O) groups excluding carboxylic acids is 1. The van der Waals surface area contributed by atoms with Crippen LogP contribution in [0.4, 0.5) is 0 Å². The molecule has 1 aromatic rings. The molecule has 1 amide bonds. The van der Waals surface area contributed by atoms with Crippen molar-refractivity contribution in [2.45, 2.75) is 52.0 Å². The van der Waals surface area contributed by atoms with Gasteiger partial charge in [-0.1, -0.05) is 32.6 Å². The zero-order chi connectivity index (χ0) is 17.2. The van der Waals surface area contributed by atoms with Crippen molar-refractivity contribution in [2.75, 3.05) is 21.3 Å². The lowest BCUT2D eigenvalue weighted by atomic mass is 10.1. The predicted octanol–water partition coefficient (Wildman–Crippen LogP) is 3.80. The average molecular weight is 323 g/mol. The molecule has 1 unspecified atom stereocenters. The topological polar surface area (TPSA) is 56.8 Å². The van der Waals surface area contributed by atoms with E-state index >= 15 is 0 Å². The SMILES string of the molecule is CCCCCCC(C)NC(=O)c1cc(OC)c(OC)cc1OC. The van der Waals surface area contributed by atoms with Gasteiger partial charge in [-0.15, -0.1) is 0 Å². The molecule has 0 saturated carbocycles. The Morgan fingerprint density at radius 1 is 1.00 bits per heavy atom. The Balaban J connectivity index is 2.78. The van der Waals surface area contributed by atoms with E-state index in [1.54, 1.807) is 26.4 Å². The standard InChI is InChI=1S/C18H29NO4/c1-6-7-8-9-10-13(2)19-18(20)14-11-16(22-4)17(23-5)12-15(14)21-3/h11-13H,6-10H2,1-5H3,(H,19,20). The van der Waals surface area contributed by atoms with Crippen LogP contribution in [0.1, 0.15) is 56.3 Å². The number of rotatable bonds is 10. The van der Waals surface area contributed by atoms with E-state index in [0.717, 1.165) is 12.8 Å². The van der Waals surface area contributed by atoms with Crippen LogP contribution in [0, 0.1) is 0 Å². The number of carbonyl (C=O) groups is 1. The summed E-state index contributed by atoms with van der Waals surface area (Å²) in [5, 5.41) is 3.02. The molecule has 0 radical (unpaired) electrons. The van der Waals surface area contributed by atoms with Crippen molar-refractivity contribution in [3.63, 3.8) is 0 Å². The number of methoxy groups -OCH3 is 3. The summed E-state index contributed by atoms with van der Waals surface area (Å²) in [4.78, 5) is 12.5. The van der Waals surface area contributed by atoms with Gasteiger partial charge in [0.05, 0.1) is 26.9 Å². The first kappa shape index (κ1) is 19.1. The Morgan fingerprint density at radius 2 is 1.61 bits per heavy atom. The summed E-state index contributed by atoms with van der Waals surface area (Å²) >= 11 is 0. The van der Waals surface area contributed by atoms with Crippen LogP contribution >= 0.6 is 0 Å². The van der Waals surface area contributed by atoms with Gasteiger partial charge in [0.1, 0.15) is 5.75 Å². The number of hydrogen-bond donors (Lipinski definition) is 1. The van der Waals surface area contributed by atoms with Crippen LogP contribution in [0.5, 0.6) is 17.2 Å². The number of amides is 1. The largest absolute Gasteiger partial charge is 0.496 e. The smallest absolute Gasteiger partial charge is 0.255 e. The maximum atomic E-state index is 12.5. The predicted molar refractivity (Wildman–Crippen MR) is 91.8 cm³/mol. The maximum Gasteiger partial charge on any atom is 0.255 e. The lowest BCUT2D eigenvalue weighted by molar-refractivity contribution is 0.0934. The second kappa shape index (κ2) is 9.98. The minimum Gasteiger partial charge on any atom is -0.496 e. The Hall–Kier alpha value is -1.91. The van der Waals surface area contributed by atoms with Crippen LogP contribution < -0.4 is 19.5 Å². The van der Waals surface area contributed by atoms with Gasteiger partial charge in [-0.3, -0.25) is 4.79 Å². The van der Waals surface area contributed by atoms with Gasteiger partial charge in [0.25, 0.3) is 5.91 Å². The third-order valence-corrected chi connectivity index (χ3v) is 3.82. The average Bonchev–Trinajstić information content (AvgIpc) is 2.57. The van der Waals surface area contributed by atoms with Gasteiger partial charge in [-0.05, 0) is 13.3 Å². The molecule has 1 atom stereocenters. The molecule has 1 aromatic carbocycles. The highest BCUT2D eigenvalue weighted by molar-refractivity contribution is 5.98. The van der Waals surface area contributed by atoms with Crippen LogP contribution in [0.15, 0.2) is 12.1 Å². The molecule has 0 bridgehead atoms. The van der Waals surface area contributed by atoms with E-state index in [1.807, 2.05) is 6.92 Å². The first-order valence-electron chi connectivity index (χ1n) is 8.18. The van der Waals surface area contributed by atoms with Gasteiger partial charge in [-0.2, -0.15) is 0 Å².